The van der Waals surface area contributed by atoms with Crippen LogP contribution in [0.4, 0.5) is 19.0 Å². The summed E-state index contributed by atoms with van der Waals surface area (Å²) in [6.07, 6.45) is 1.63. The molecule has 0 aromatic carbocycles. The molecule has 16 heavy (non-hydrogen) atoms. The molecule has 5 heteroatoms. The van der Waals surface area contributed by atoms with E-state index in [9.17, 15) is 13.2 Å². The molecule has 1 rings (SSSR count). The van der Waals surface area contributed by atoms with E-state index < -0.39 is 17.6 Å². The van der Waals surface area contributed by atoms with Crippen molar-refractivity contribution in [2.45, 2.75) is 26.2 Å². The number of aromatic nitrogens is 1. The van der Waals surface area contributed by atoms with Crippen LogP contribution in [0.15, 0.2) is 0 Å². The van der Waals surface area contributed by atoms with E-state index in [1.807, 2.05) is 6.92 Å². The van der Waals surface area contributed by atoms with Crippen LogP contribution in [0.2, 0.25) is 0 Å². The topological polar surface area (TPSA) is 17.3 Å². The Balaban J connectivity index is 3.22. The van der Waals surface area contributed by atoms with Gasteiger partial charge < -0.3 is 0 Å². The minimum Gasteiger partial charge on any atom is -0.288 e. The van der Waals surface area contributed by atoms with E-state index in [2.05, 4.69) is 4.98 Å². The van der Waals surface area contributed by atoms with Crippen molar-refractivity contribution < 1.29 is 18.1 Å². The first-order valence-electron chi connectivity index (χ1n) is 5.32. The van der Waals surface area contributed by atoms with E-state index in [1.54, 1.807) is 14.1 Å². The molecule has 1 aromatic rings. The first kappa shape index (κ1) is 13.0. The minimum atomic E-state index is -1.22. The Kier molecular flexibility index (Phi) is 4.29. The molecule has 0 spiro atoms. The molecule has 0 aliphatic heterocycles. The van der Waals surface area contributed by atoms with Crippen LogP contribution in [0.25, 0.3) is 0 Å². The summed E-state index contributed by atoms with van der Waals surface area (Å²) in [6.45, 7) is 1.91. The molecule has 0 radical (unpaired) electrons. The molecule has 0 saturated heterocycles. The van der Waals surface area contributed by atoms with Gasteiger partial charge in [0, 0.05) is 5.56 Å². The van der Waals surface area contributed by atoms with Crippen LogP contribution in [-0.4, -0.2) is 19.1 Å². The van der Waals surface area contributed by atoms with E-state index in [-0.39, 0.29) is 17.8 Å². The molecule has 0 aliphatic carbocycles. The van der Waals surface area contributed by atoms with Gasteiger partial charge in [-0.05, 0) is 12.8 Å². The van der Waals surface area contributed by atoms with Gasteiger partial charge in [-0.15, -0.1) is 0 Å². The molecular formula is C11H16F3N2+. The maximum Gasteiger partial charge on any atom is 0.265 e. The van der Waals surface area contributed by atoms with Crippen molar-refractivity contribution in [2.75, 3.05) is 14.1 Å². The van der Waals surface area contributed by atoms with Gasteiger partial charge in [-0.1, -0.05) is 13.3 Å². The molecule has 1 heterocycles. The number of hydrogen-bond donors (Lipinski definition) is 1. The van der Waals surface area contributed by atoms with Crippen molar-refractivity contribution >= 4 is 5.82 Å². The monoisotopic (exact) mass is 233 g/mol. The van der Waals surface area contributed by atoms with Crippen molar-refractivity contribution in [1.29, 1.82) is 0 Å². The molecule has 0 fully saturated rings. The minimum absolute atomic E-state index is 0.0787. The van der Waals surface area contributed by atoms with Crippen LogP contribution in [-0.2, 0) is 6.42 Å². The highest BCUT2D eigenvalue weighted by Gasteiger charge is 2.23. The lowest BCUT2D eigenvalue weighted by Crippen LogP contribution is -3.01. The lowest BCUT2D eigenvalue weighted by atomic mass is 10.1. The number of hydrogen-bond acceptors (Lipinski definition) is 1. The predicted molar refractivity (Wildman–Crippen MR) is 55.2 cm³/mol. The average Bonchev–Trinajstić information content (AvgIpc) is 2.23. The summed E-state index contributed by atoms with van der Waals surface area (Å²) < 4.78 is 40.3. The lowest BCUT2D eigenvalue weighted by molar-refractivity contribution is -0.790. The first-order valence-corrected chi connectivity index (χ1v) is 5.32. The molecule has 0 aliphatic rings. The van der Waals surface area contributed by atoms with Gasteiger partial charge in [0.1, 0.15) is 0 Å². The smallest absolute Gasteiger partial charge is 0.265 e. The molecule has 1 aromatic heterocycles. The highest BCUT2D eigenvalue weighted by Crippen LogP contribution is 2.20. The number of nitrogens with zero attached hydrogens (tertiary/aromatic N) is 1. The van der Waals surface area contributed by atoms with Gasteiger partial charge in [-0.3, -0.25) is 4.90 Å². The standard InChI is InChI=1S/C11H15F3N2/c1-4-5-6-7-8(12)10(14)15-11(9(7)13)16(2)3/h4-6H2,1-3H3/p+1. The van der Waals surface area contributed by atoms with Gasteiger partial charge in [0.25, 0.3) is 11.8 Å². The van der Waals surface area contributed by atoms with Crippen LogP contribution in [0.3, 0.4) is 0 Å². The highest BCUT2D eigenvalue weighted by atomic mass is 19.2. The van der Waals surface area contributed by atoms with Crippen molar-refractivity contribution in [3.8, 4) is 0 Å². The first-order chi connectivity index (χ1) is 7.49. The van der Waals surface area contributed by atoms with Gasteiger partial charge in [0.2, 0.25) is 5.82 Å². The third-order valence-corrected chi connectivity index (χ3v) is 2.38. The number of unbranched alkanes of at least 4 members (excludes halogenated alkanes) is 1. The lowest BCUT2D eigenvalue weighted by Gasteiger charge is -2.10. The number of halogens is 3. The van der Waals surface area contributed by atoms with Crippen LogP contribution in [0.1, 0.15) is 25.3 Å². The second-order valence-electron chi connectivity index (χ2n) is 3.96. The molecule has 0 unspecified atom stereocenters. The second kappa shape index (κ2) is 5.30. The average molecular weight is 233 g/mol. The van der Waals surface area contributed by atoms with Crippen LogP contribution < -0.4 is 4.90 Å². The Bertz CT molecular complexity index is 378. The molecule has 0 saturated carbocycles. The molecule has 0 bridgehead atoms. The Morgan fingerprint density at radius 1 is 1.12 bits per heavy atom. The SMILES string of the molecule is CCCCc1c(F)c(F)nc([NH+](C)C)c1F. The normalized spacial score (nSPS) is 11.2. The van der Waals surface area contributed by atoms with Crippen LogP contribution >= 0.6 is 0 Å². The zero-order chi connectivity index (χ0) is 12.3. The van der Waals surface area contributed by atoms with Crippen LogP contribution in [0.5, 0.6) is 0 Å². The Morgan fingerprint density at radius 2 is 1.75 bits per heavy atom. The second-order valence-corrected chi connectivity index (χ2v) is 3.96. The third kappa shape index (κ3) is 2.52. The van der Waals surface area contributed by atoms with Crippen molar-refractivity contribution in [1.82, 2.24) is 4.98 Å². The third-order valence-electron chi connectivity index (χ3n) is 2.38. The van der Waals surface area contributed by atoms with Gasteiger partial charge in [0.15, 0.2) is 5.82 Å². The zero-order valence-corrected chi connectivity index (χ0v) is 9.70. The molecule has 1 N–H and O–H groups in total. The maximum absolute atomic E-state index is 13.8. The Labute approximate surface area is 93.1 Å². The van der Waals surface area contributed by atoms with Gasteiger partial charge in [-0.2, -0.15) is 13.8 Å². The summed E-state index contributed by atoms with van der Waals surface area (Å²) >= 11 is 0. The fourth-order valence-corrected chi connectivity index (χ4v) is 1.46. The predicted octanol–water partition coefficient (Wildman–Crippen LogP) is 1.62. The van der Waals surface area contributed by atoms with E-state index in [0.717, 1.165) is 6.42 Å². The van der Waals surface area contributed by atoms with Crippen molar-refractivity contribution in [3.63, 3.8) is 0 Å². The molecular weight excluding hydrogens is 217 g/mol. The molecule has 0 atom stereocenters. The van der Waals surface area contributed by atoms with E-state index in [0.29, 0.717) is 11.3 Å². The largest absolute Gasteiger partial charge is 0.288 e. The van der Waals surface area contributed by atoms with Crippen LogP contribution in [0, 0.1) is 17.6 Å². The highest BCUT2D eigenvalue weighted by molar-refractivity contribution is 5.30. The number of pyridine rings is 1. The summed E-state index contributed by atoms with van der Waals surface area (Å²) in [5, 5.41) is 0. The summed E-state index contributed by atoms with van der Waals surface area (Å²) in [7, 11) is 3.23. The molecule has 0 amide bonds. The summed E-state index contributed by atoms with van der Waals surface area (Å²) in [6, 6.07) is 0. The number of quaternary nitrogens is 1. The fourth-order valence-electron chi connectivity index (χ4n) is 1.46. The van der Waals surface area contributed by atoms with E-state index in [1.165, 1.54) is 0 Å². The van der Waals surface area contributed by atoms with Gasteiger partial charge in [0.05, 0.1) is 14.1 Å². The summed E-state index contributed by atoms with van der Waals surface area (Å²) in [5.74, 6) is -3.18. The summed E-state index contributed by atoms with van der Waals surface area (Å²) in [4.78, 5) is 3.82. The Hall–Kier alpha value is -1.10. The number of rotatable bonds is 4. The van der Waals surface area contributed by atoms with Gasteiger partial charge >= 0.3 is 0 Å². The quantitative estimate of drug-likeness (QED) is 0.782. The van der Waals surface area contributed by atoms with Crippen molar-refractivity contribution in [3.05, 3.63) is 23.1 Å². The summed E-state index contributed by atoms with van der Waals surface area (Å²) in [5.41, 5.74) is -0.189. The number of nitrogens with one attached hydrogen (secondary N) is 1. The van der Waals surface area contributed by atoms with Gasteiger partial charge in [-0.25, -0.2) is 4.39 Å². The van der Waals surface area contributed by atoms with E-state index >= 15 is 0 Å². The fraction of sp³-hybridized carbons (Fsp3) is 0.545. The molecule has 90 valence electrons. The van der Waals surface area contributed by atoms with Crippen molar-refractivity contribution in [2.24, 2.45) is 0 Å². The Morgan fingerprint density at radius 3 is 2.25 bits per heavy atom. The molecule has 2 nitrogen and oxygen atoms in total. The maximum atomic E-state index is 13.8. The van der Waals surface area contributed by atoms with E-state index in [4.69, 9.17) is 0 Å². The zero-order valence-electron chi connectivity index (χ0n) is 9.70.